The molecule has 1 heterocycles. The molecule has 3 nitrogen and oxygen atoms in total. The zero-order chi connectivity index (χ0) is 17.2. The second-order valence-corrected chi connectivity index (χ2v) is 5.76. The highest BCUT2D eigenvalue weighted by atomic mass is 16.2. The molecule has 25 heavy (non-hydrogen) atoms. The fraction of sp³-hybridized carbons (Fsp3) is 0. The Bertz CT molecular complexity index is 961. The molecular formula is C22H15NO2. The molecule has 3 aromatic rings. The monoisotopic (exact) mass is 325 g/mol. The number of nitrogens with zero attached hydrogens (tertiary/aromatic N) is 1. The second kappa shape index (κ2) is 6.21. The number of ketones is 1. The van der Waals surface area contributed by atoms with Crippen molar-refractivity contribution in [3.63, 3.8) is 0 Å². The summed E-state index contributed by atoms with van der Waals surface area (Å²) < 4.78 is 0. The number of amides is 1. The number of anilines is 1. The largest absolute Gasteiger partial charge is 0.288 e. The summed E-state index contributed by atoms with van der Waals surface area (Å²) in [6.45, 7) is 0. The van der Waals surface area contributed by atoms with Crippen molar-refractivity contribution in [2.45, 2.75) is 0 Å². The van der Waals surface area contributed by atoms with Crippen LogP contribution in [-0.4, -0.2) is 11.7 Å². The molecule has 0 aliphatic carbocycles. The zero-order valence-electron chi connectivity index (χ0n) is 13.4. The summed E-state index contributed by atoms with van der Waals surface area (Å²) in [7, 11) is 0. The van der Waals surface area contributed by atoms with Crippen LogP contribution in [0.5, 0.6) is 0 Å². The minimum absolute atomic E-state index is 0.237. The highest BCUT2D eigenvalue weighted by molar-refractivity contribution is 6.43. The normalized spacial score (nSPS) is 13.6. The fourth-order valence-electron chi connectivity index (χ4n) is 3.00. The third kappa shape index (κ3) is 2.56. The first-order valence-electron chi connectivity index (χ1n) is 8.06. The van der Waals surface area contributed by atoms with E-state index < -0.39 is 0 Å². The van der Waals surface area contributed by atoms with Gasteiger partial charge in [0.25, 0.3) is 5.91 Å². The average molecular weight is 325 g/mol. The van der Waals surface area contributed by atoms with E-state index in [0.717, 1.165) is 11.3 Å². The van der Waals surface area contributed by atoms with Gasteiger partial charge >= 0.3 is 0 Å². The van der Waals surface area contributed by atoms with E-state index in [0.29, 0.717) is 11.3 Å². The molecule has 0 bridgehead atoms. The van der Waals surface area contributed by atoms with Crippen molar-refractivity contribution in [2.75, 3.05) is 4.90 Å². The summed E-state index contributed by atoms with van der Waals surface area (Å²) in [6.07, 6.45) is 0. The molecule has 1 amide bonds. The maximum atomic E-state index is 12.9. The van der Waals surface area contributed by atoms with Crippen LogP contribution in [0.3, 0.4) is 0 Å². The van der Waals surface area contributed by atoms with Gasteiger partial charge in [-0.15, -0.1) is 0 Å². The van der Waals surface area contributed by atoms with Crippen LogP contribution in [-0.2, 0) is 4.79 Å². The Balaban J connectivity index is 1.86. The predicted octanol–water partition coefficient (Wildman–Crippen LogP) is 4.33. The third-order valence-electron chi connectivity index (χ3n) is 4.20. The molecule has 0 saturated carbocycles. The number of hydrogen-bond donors (Lipinski definition) is 0. The van der Waals surface area contributed by atoms with Gasteiger partial charge in [-0.05, 0) is 17.7 Å². The Morgan fingerprint density at radius 2 is 1.20 bits per heavy atom. The van der Waals surface area contributed by atoms with Crippen molar-refractivity contribution >= 4 is 23.1 Å². The van der Waals surface area contributed by atoms with Crippen molar-refractivity contribution in [3.05, 3.63) is 108 Å². The van der Waals surface area contributed by atoms with E-state index in [1.54, 1.807) is 29.2 Å². The van der Waals surface area contributed by atoms with Crippen molar-refractivity contribution in [1.82, 2.24) is 0 Å². The average Bonchev–Trinajstić information content (AvgIpc) is 2.68. The summed E-state index contributed by atoms with van der Waals surface area (Å²) in [5.74, 6) is -0.504. The molecule has 0 radical (unpaired) electrons. The molecule has 3 aromatic carbocycles. The number of Topliss-reactive ketones (excluding diaryl/α,β-unsaturated/α-hetero) is 1. The lowest BCUT2D eigenvalue weighted by Gasteiger charge is -2.36. The molecule has 1 aliphatic heterocycles. The topological polar surface area (TPSA) is 37.4 Å². The van der Waals surface area contributed by atoms with Crippen LogP contribution in [0, 0.1) is 0 Å². The Morgan fingerprint density at radius 1 is 0.680 bits per heavy atom. The van der Waals surface area contributed by atoms with Gasteiger partial charge in [0.2, 0.25) is 5.78 Å². The van der Waals surface area contributed by atoms with Crippen LogP contribution < -0.4 is 4.90 Å². The van der Waals surface area contributed by atoms with Crippen molar-refractivity contribution < 1.29 is 9.59 Å². The molecule has 0 atom stereocenters. The molecule has 0 unspecified atom stereocenters. The van der Waals surface area contributed by atoms with Gasteiger partial charge in [-0.3, -0.25) is 14.5 Å². The first-order chi connectivity index (χ1) is 12.3. The summed E-state index contributed by atoms with van der Waals surface area (Å²) in [4.78, 5) is 27.3. The Morgan fingerprint density at radius 3 is 1.80 bits per heavy atom. The molecule has 0 spiro atoms. The highest BCUT2D eigenvalue weighted by Crippen LogP contribution is 2.39. The Labute approximate surface area is 145 Å². The standard InChI is InChI=1S/C22H15NO2/c24-21(17-12-6-2-7-13-17)19-20(16-10-4-1-5-11-16)23(22(19)25)18-14-8-3-9-15-18/h1-15H. The first-order valence-corrected chi connectivity index (χ1v) is 8.06. The molecule has 0 saturated heterocycles. The van der Waals surface area contributed by atoms with E-state index >= 15 is 0 Å². The molecule has 1 aliphatic rings. The smallest absolute Gasteiger partial charge is 0.269 e. The van der Waals surface area contributed by atoms with E-state index in [4.69, 9.17) is 0 Å². The van der Waals surface area contributed by atoms with E-state index in [1.165, 1.54) is 0 Å². The minimum atomic E-state index is -0.265. The SMILES string of the molecule is O=C(C1=C(c2ccccc2)N(c2ccccc2)C1=O)c1ccccc1. The maximum absolute atomic E-state index is 12.9. The number of para-hydroxylation sites is 1. The predicted molar refractivity (Wildman–Crippen MR) is 98.1 cm³/mol. The van der Waals surface area contributed by atoms with Gasteiger partial charge in [-0.1, -0.05) is 78.9 Å². The van der Waals surface area contributed by atoms with E-state index in [-0.39, 0.29) is 17.3 Å². The lowest BCUT2D eigenvalue weighted by atomic mass is 9.89. The second-order valence-electron chi connectivity index (χ2n) is 5.76. The van der Waals surface area contributed by atoms with Crippen LogP contribution in [0.25, 0.3) is 5.70 Å². The number of benzene rings is 3. The van der Waals surface area contributed by atoms with Crippen molar-refractivity contribution in [1.29, 1.82) is 0 Å². The maximum Gasteiger partial charge on any atom is 0.269 e. The molecule has 0 fully saturated rings. The van der Waals surface area contributed by atoms with E-state index in [1.807, 2.05) is 66.7 Å². The van der Waals surface area contributed by atoms with Crippen LogP contribution in [0.1, 0.15) is 15.9 Å². The summed E-state index contributed by atoms with van der Waals surface area (Å²) in [5.41, 5.74) is 3.03. The molecule has 0 N–H and O–H groups in total. The van der Waals surface area contributed by atoms with Gasteiger partial charge in [0, 0.05) is 11.3 Å². The third-order valence-corrected chi connectivity index (χ3v) is 4.20. The Kier molecular flexibility index (Phi) is 3.75. The van der Waals surface area contributed by atoms with E-state index in [2.05, 4.69) is 0 Å². The number of rotatable bonds is 4. The molecule has 120 valence electrons. The number of carbonyl (C=O) groups is 2. The van der Waals surface area contributed by atoms with Gasteiger partial charge in [-0.2, -0.15) is 0 Å². The lowest BCUT2D eigenvalue weighted by molar-refractivity contribution is -0.115. The summed E-state index contributed by atoms with van der Waals surface area (Å²) >= 11 is 0. The minimum Gasteiger partial charge on any atom is -0.288 e. The summed E-state index contributed by atoms with van der Waals surface area (Å²) in [5, 5.41) is 0. The molecule has 3 heteroatoms. The van der Waals surface area contributed by atoms with Crippen LogP contribution in [0.4, 0.5) is 5.69 Å². The van der Waals surface area contributed by atoms with Gasteiger partial charge in [0.15, 0.2) is 0 Å². The van der Waals surface area contributed by atoms with Gasteiger partial charge in [-0.25, -0.2) is 0 Å². The van der Waals surface area contributed by atoms with Gasteiger partial charge in [0.05, 0.1) is 5.70 Å². The molecular weight excluding hydrogens is 310 g/mol. The number of carbonyl (C=O) groups excluding carboxylic acids is 2. The molecule has 4 rings (SSSR count). The summed E-state index contributed by atoms with van der Waals surface area (Å²) in [6, 6.07) is 27.8. The quantitative estimate of drug-likeness (QED) is 0.529. The van der Waals surface area contributed by atoms with Crippen LogP contribution >= 0.6 is 0 Å². The van der Waals surface area contributed by atoms with Crippen LogP contribution in [0.15, 0.2) is 96.6 Å². The fourth-order valence-corrected chi connectivity index (χ4v) is 3.00. The van der Waals surface area contributed by atoms with Gasteiger partial charge < -0.3 is 0 Å². The highest BCUT2D eigenvalue weighted by Gasteiger charge is 2.42. The van der Waals surface area contributed by atoms with Crippen molar-refractivity contribution in [2.24, 2.45) is 0 Å². The van der Waals surface area contributed by atoms with Crippen LogP contribution in [0.2, 0.25) is 0 Å². The van der Waals surface area contributed by atoms with Crippen molar-refractivity contribution in [3.8, 4) is 0 Å². The molecule has 0 aromatic heterocycles. The number of hydrogen-bond acceptors (Lipinski definition) is 2. The first kappa shape index (κ1) is 15.1. The van der Waals surface area contributed by atoms with Gasteiger partial charge in [0.1, 0.15) is 5.57 Å². The van der Waals surface area contributed by atoms with E-state index in [9.17, 15) is 9.59 Å². The lowest BCUT2D eigenvalue weighted by Crippen LogP contribution is -2.44. The Hall–Kier alpha value is -3.46. The zero-order valence-corrected chi connectivity index (χ0v) is 13.4.